The molecule has 1 saturated heterocycles. The lowest BCUT2D eigenvalue weighted by molar-refractivity contribution is -0.136. The molecule has 0 bridgehead atoms. The Morgan fingerprint density at radius 2 is 2.29 bits per heavy atom. The van der Waals surface area contributed by atoms with E-state index in [-0.39, 0.29) is 18.4 Å². The molecule has 6 nitrogen and oxygen atoms in total. The van der Waals surface area contributed by atoms with E-state index in [4.69, 9.17) is 5.11 Å². The summed E-state index contributed by atoms with van der Waals surface area (Å²) in [6.45, 7) is 1.94. The minimum absolute atomic E-state index is 0.0429. The number of piperidine rings is 1. The van der Waals surface area contributed by atoms with E-state index in [1.54, 1.807) is 23.2 Å². The quantitative estimate of drug-likeness (QED) is 0.833. The van der Waals surface area contributed by atoms with Crippen LogP contribution in [-0.4, -0.2) is 53.0 Å². The number of nitrogens with one attached hydrogen (secondary N) is 1. The molecule has 1 fully saturated rings. The highest BCUT2D eigenvalue weighted by molar-refractivity contribution is 9.10. The number of aromatic nitrogens is 1. The number of nitrogens with zero attached hydrogens (tertiary/aromatic N) is 2. The first-order valence-corrected chi connectivity index (χ1v) is 7.69. The van der Waals surface area contributed by atoms with Gasteiger partial charge in [0.25, 0.3) is 5.91 Å². The van der Waals surface area contributed by atoms with Crippen molar-refractivity contribution in [2.24, 2.45) is 5.92 Å². The van der Waals surface area contributed by atoms with Crippen molar-refractivity contribution in [3.05, 3.63) is 28.5 Å². The number of carbonyl (C=O) groups is 2. The Morgan fingerprint density at radius 1 is 1.48 bits per heavy atom. The number of carboxylic acid groups (broad SMARTS) is 1. The molecular formula is C14H18BrN3O3. The Bertz CT molecular complexity index is 507. The van der Waals surface area contributed by atoms with Crippen LogP contribution in [0.25, 0.3) is 0 Å². The zero-order valence-electron chi connectivity index (χ0n) is 11.6. The van der Waals surface area contributed by atoms with Crippen LogP contribution in [0.2, 0.25) is 0 Å². The number of carbonyl (C=O) groups excluding carboxylic acids is 1. The van der Waals surface area contributed by atoms with Gasteiger partial charge in [-0.3, -0.25) is 9.59 Å². The van der Waals surface area contributed by atoms with Gasteiger partial charge in [0, 0.05) is 30.3 Å². The molecule has 2 N–H and O–H groups in total. The summed E-state index contributed by atoms with van der Waals surface area (Å²) in [4.78, 5) is 28.8. The summed E-state index contributed by atoms with van der Waals surface area (Å²) >= 11 is 3.30. The molecule has 0 saturated carbocycles. The van der Waals surface area contributed by atoms with Gasteiger partial charge in [0.15, 0.2) is 0 Å². The number of hydrogen-bond donors (Lipinski definition) is 2. The molecule has 0 aromatic carbocycles. The maximum absolute atomic E-state index is 12.4. The molecule has 1 aromatic heterocycles. The summed E-state index contributed by atoms with van der Waals surface area (Å²) in [5, 5.41) is 11.5. The predicted molar refractivity (Wildman–Crippen MR) is 81.1 cm³/mol. The summed E-state index contributed by atoms with van der Waals surface area (Å²) in [5.41, 5.74) is 0.442. The summed E-state index contributed by atoms with van der Waals surface area (Å²) in [7, 11) is 0. The topological polar surface area (TPSA) is 82.5 Å². The van der Waals surface area contributed by atoms with E-state index >= 15 is 0 Å². The minimum Gasteiger partial charge on any atom is -0.480 e. The standard InChI is InChI=1S/C14H18BrN3O3/c15-11-3-4-12(17-7-11)14(21)18-5-1-2-10(9-18)6-16-8-13(19)20/h3-4,7,10,16H,1-2,5-6,8-9H2,(H,19,20). The van der Waals surface area contributed by atoms with Crippen LogP contribution in [-0.2, 0) is 4.79 Å². The Morgan fingerprint density at radius 3 is 2.95 bits per heavy atom. The van der Waals surface area contributed by atoms with E-state index in [1.165, 1.54) is 0 Å². The first kappa shape index (κ1) is 15.9. The van der Waals surface area contributed by atoms with Crippen molar-refractivity contribution < 1.29 is 14.7 Å². The summed E-state index contributed by atoms with van der Waals surface area (Å²) in [5.74, 6) is -0.638. The molecule has 1 aliphatic rings. The molecule has 1 aromatic rings. The fourth-order valence-electron chi connectivity index (χ4n) is 2.46. The fourth-order valence-corrected chi connectivity index (χ4v) is 2.70. The number of likely N-dealkylation sites (tertiary alicyclic amines) is 1. The third kappa shape index (κ3) is 4.78. The zero-order chi connectivity index (χ0) is 15.2. The summed E-state index contributed by atoms with van der Waals surface area (Å²) in [6.07, 6.45) is 3.55. The van der Waals surface area contributed by atoms with Gasteiger partial charge in [-0.25, -0.2) is 4.98 Å². The van der Waals surface area contributed by atoms with Crippen LogP contribution in [0.5, 0.6) is 0 Å². The predicted octanol–water partition coefficient (Wildman–Crippen LogP) is 1.37. The number of pyridine rings is 1. The average molecular weight is 356 g/mol. The van der Waals surface area contributed by atoms with Crippen molar-refractivity contribution in [3.63, 3.8) is 0 Å². The Hall–Kier alpha value is -1.47. The maximum atomic E-state index is 12.4. The van der Waals surface area contributed by atoms with Crippen LogP contribution in [0.15, 0.2) is 22.8 Å². The molecule has 7 heteroatoms. The van der Waals surface area contributed by atoms with Gasteiger partial charge in [-0.1, -0.05) is 0 Å². The Labute approximate surface area is 131 Å². The van der Waals surface area contributed by atoms with Gasteiger partial charge >= 0.3 is 5.97 Å². The highest BCUT2D eigenvalue weighted by Gasteiger charge is 2.25. The molecular weight excluding hydrogens is 338 g/mol. The van der Waals surface area contributed by atoms with Gasteiger partial charge in [-0.15, -0.1) is 0 Å². The molecule has 0 aliphatic carbocycles. The Balaban J connectivity index is 1.89. The van der Waals surface area contributed by atoms with Crippen LogP contribution < -0.4 is 5.32 Å². The fraction of sp³-hybridized carbons (Fsp3) is 0.500. The highest BCUT2D eigenvalue weighted by Crippen LogP contribution is 2.18. The number of hydrogen-bond acceptors (Lipinski definition) is 4. The van der Waals surface area contributed by atoms with Crippen molar-refractivity contribution >= 4 is 27.8 Å². The van der Waals surface area contributed by atoms with Crippen LogP contribution in [0.1, 0.15) is 23.3 Å². The second-order valence-electron chi connectivity index (χ2n) is 5.15. The molecule has 2 heterocycles. The Kier molecular flexibility index (Phi) is 5.69. The van der Waals surface area contributed by atoms with Gasteiger partial charge in [-0.05, 0) is 46.8 Å². The monoisotopic (exact) mass is 355 g/mol. The third-order valence-electron chi connectivity index (χ3n) is 3.46. The second-order valence-corrected chi connectivity index (χ2v) is 6.06. The van der Waals surface area contributed by atoms with E-state index in [0.717, 1.165) is 23.9 Å². The number of carboxylic acids is 1. The van der Waals surface area contributed by atoms with Crippen molar-refractivity contribution in [3.8, 4) is 0 Å². The normalized spacial score (nSPS) is 18.5. The molecule has 21 heavy (non-hydrogen) atoms. The van der Waals surface area contributed by atoms with Gasteiger partial charge in [-0.2, -0.15) is 0 Å². The first-order chi connectivity index (χ1) is 10.1. The number of halogens is 1. The van der Waals surface area contributed by atoms with Crippen molar-refractivity contribution in [1.82, 2.24) is 15.2 Å². The van der Waals surface area contributed by atoms with Crippen LogP contribution in [0.3, 0.4) is 0 Å². The largest absolute Gasteiger partial charge is 0.480 e. The van der Waals surface area contributed by atoms with E-state index in [1.807, 2.05) is 0 Å². The maximum Gasteiger partial charge on any atom is 0.317 e. The van der Waals surface area contributed by atoms with E-state index in [0.29, 0.717) is 18.8 Å². The molecule has 0 spiro atoms. The number of aliphatic carboxylic acids is 1. The molecule has 1 aliphatic heterocycles. The third-order valence-corrected chi connectivity index (χ3v) is 3.93. The van der Waals surface area contributed by atoms with Crippen LogP contribution >= 0.6 is 15.9 Å². The lowest BCUT2D eigenvalue weighted by Crippen LogP contribution is -2.43. The van der Waals surface area contributed by atoms with Crippen molar-refractivity contribution in [2.75, 3.05) is 26.2 Å². The van der Waals surface area contributed by atoms with E-state index < -0.39 is 5.97 Å². The summed E-state index contributed by atoms with van der Waals surface area (Å²) in [6, 6.07) is 3.51. The first-order valence-electron chi connectivity index (χ1n) is 6.89. The number of rotatable bonds is 5. The highest BCUT2D eigenvalue weighted by atomic mass is 79.9. The lowest BCUT2D eigenvalue weighted by atomic mass is 9.97. The SMILES string of the molecule is O=C(O)CNCC1CCCN(C(=O)c2ccc(Br)cn2)C1. The van der Waals surface area contributed by atoms with Crippen LogP contribution in [0.4, 0.5) is 0 Å². The van der Waals surface area contributed by atoms with Gasteiger partial charge < -0.3 is 15.3 Å². The zero-order valence-corrected chi connectivity index (χ0v) is 13.2. The van der Waals surface area contributed by atoms with E-state index in [2.05, 4.69) is 26.2 Å². The molecule has 1 amide bonds. The van der Waals surface area contributed by atoms with Crippen LogP contribution in [0, 0.1) is 5.92 Å². The van der Waals surface area contributed by atoms with Gasteiger partial charge in [0.1, 0.15) is 5.69 Å². The average Bonchev–Trinajstić information content (AvgIpc) is 2.47. The van der Waals surface area contributed by atoms with Crippen molar-refractivity contribution in [2.45, 2.75) is 12.8 Å². The number of amides is 1. The molecule has 114 valence electrons. The smallest absolute Gasteiger partial charge is 0.317 e. The van der Waals surface area contributed by atoms with Gasteiger partial charge in [0.05, 0.1) is 6.54 Å². The second kappa shape index (κ2) is 7.51. The summed E-state index contributed by atoms with van der Waals surface area (Å²) < 4.78 is 0.841. The van der Waals surface area contributed by atoms with E-state index in [9.17, 15) is 9.59 Å². The molecule has 2 rings (SSSR count). The minimum atomic E-state index is -0.863. The van der Waals surface area contributed by atoms with Gasteiger partial charge in [0.2, 0.25) is 0 Å². The lowest BCUT2D eigenvalue weighted by Gasteiger charge is -2.32. The molecule has 0 radical (unpaired) electrons. The van der Waals surface area contributed by atoms with Crippen molar-refractivity contribution in [1.29, 1.82) is 0 Å². The molecule has 1 unspecified atom stereocenters. The molecule has 1 atom stereocenters.